The van der Waals surface area contributed by atoms with E-state index in [1.54, 1.807) is 11.2 Å². The minimum absolute atomic E-state index is 0.0479. The molecule has 0 aliphatic heterocycles. The number of carbonyl (C=O) groups excluding carboxylic acids is 1. The van der Waals surface area contributed by atoms with Gasteiger partial charge in [0, 0.05) is 42.6 Å². The first kappa shape index (κ1) is 22.5. The number of nitro groups is 1. The molecular weight excluding hydrogens is 444 g/mol. The molecule has 0 atom stereocenters. The standard InChI is InChI=1S/C23H23ClN6O3/c1-14(31)29(12-16-11-17(30(32)33)8-9-18(16)24)10-3-2-5-15-6-4-7-19-20(15)21-22(23(25)28-19)27-13-26-21/h4,6-9,11,13H,2-3,5,10,12H2,1H3,(H2,25,28)(H,26,27). The lowest BCUT2D eigenvalue weighted by Gasteiger charge is -2.21. The van der Waals surface area contributed by atoms with Gasteiger partial charge in [-0.05, 0) is 42.5 Å². The van der Waals surface area contributed by atoms with Crippen LogP contribution in [0.1, 0.15) is 30.9 Å². The van der Waals surface area contributed by atoms with Crippen molar-refractivity contribution >= 4 is 50.9 Å². The molecule has 3 N–H and O–H groups in total. The predicted molar refractivity (Wildman–Crippen MR) is 128 cm³/mol. The van der Waals surface area contributed by atoms with Crippen molar-refractivity contribution in [2.24, 2.45) is 0 Å². The number of aromatic nitrogens is 3. The molecule has 10 heteroatoms. The Morgan fingerprint density at radius 1 is 1.24 bits per heavy atom. The molecule has 0 saturated heterocycles. The molecule has 0 aliphatic carbocycles. The number of aromatic amines is 1. The number of pyridine rings is 1. The second kappa shape index (κ2) is 9.41. The molecule has 1 amide bonds. The van der Waals surface area contributed by atoms with E-state index in [0.29, 0.717) is 28.5 Å². The second-order valence-electron chi connectivity index (χ2n) is 7.86. The fraction of sp³-hybridized carbons (Fsp3) is 0.261. The van der Waals surface area contributed by atoms with Gasteiger partial charge in [-0.2, -0.15) is 0 Å². The van der Waals surface area contributed by atoms with E-state index in [2.05, 4.69) is 21.0 Å². The highest BCUT2D eigenvalue weighted by atomic mass is 35.5. The van der Waals surface area contributed by atoms with Crippen molar-refractivity contribution in [3.63, 3.8) is 0 Å². The molecule has 0 saturated carbocycles. The molecule has 2 heterocycles. The molecule has 0 unspecified atom stereocenters. The van der Waals surface area contributed by atoms with Crippen LogP contribution in [0.25, 0.3) is 21.9 Å². The van der Waals surface area contributed by atoms with Crippen LogP contribution in [0.3, 0.4) is 0 Å². The summed E-state index contributed by atoms with van der Waals surface area (Å²) in [5.74, 6) is 0.286. The molecule has 0 spiro atoms. The molecule has 0 radical (unpaired) electrons. The number of hydrogen-bond acceptors (Lipinski definition) is 6. The Balaban J connectivity index is 1.45. The molecule has 4 rings (SSSR count). The van der Waals surface area contributed by atoms with Crippen molar-refractivity contribution in [2.45, 2.75) is 32.7 Å². The molecule has 9 nitrogen and oxygen atoms in total. The molecule has 33 heavy (non-hydrogen) atoms. The number of amides is 1. The summed E-state index contributed by atoms with van der Waals surface area (Å²) in [7, 11) is 0. The van der Waals surface area contributed by atoms with Crippen LogP contribution in [-0.4, -0.2) is 37.2 Å². The highest BCUT2D eigenvalue weighted by Gasteiger charge is 2.16. The first-order valence-electron chi connectivity index (χ1n) is 10.5. The Kier molecular flexibility index (Phi) is 6.41. The van der Waals surface area contributed by atoms with Gasteiger partial charge < -0.3 is 15.6 Å². The van der Waals surface area contributed by atoms with E-state index < -0.39 is 4.92 Å². The number of carbonyl (C=O) groups is 1. The lowest BCUT2D eigenvalue weighted by molar-refractivity contribution is -0.384. The number of H-pyrrole nitrogens is 1. The van der Waals surface area contributed by atoms with Crippen LogP contribution in [0, 0.1) is 10.1 Å². The number of unbranched alkanes of at least 4 members (excludes halogenated alkanes) is 1. The van der Waals surface area contributed by atoms with Gasteiger partial charge in [0.05, 0.1) is 22.3 Å². The van der Waals surface area contributed by atoms with E-state index >= 15 is 0 Å². The Labute approximate surface area is 194 Å². The lowest BCUT2D eigenvalue weighted by atomic mass is 10.0. The van der Waals surface area contributed by atoms with Gasteiger partial charge in [0.2, 0.25) is 5.91 Å². The minimum atomic E-state index is -0.471. The van der Waals surface area contributed by atoms with Crippen molar-refractivity contribution in [1.82, 2.24) is 19.9 Å². The Bertz CT molecular complexity index is 1350. The van der Waals surface area contributed by atoms with Gasteiger partial charge in [-0.25, -0.2) is 9.97 Å². The number of imidazole rings is 1. The Hall–Kier alpha value is -3.72. The average molecular weight is 467 g/mol. The maximum Gasteiger partial charge on any atom is 0.269 e. The van der Waals surface area contributed by atoms with Gasteiger partial charge in [0.25, 0.3) is 5.69 Å². The van der Waals surface area contributed by atoms with Crippen LogP contribution in [0.15, 0.2) is 42.7 Å². The molecule has 170 valence electrons. The number of fused-ring (bicyclic) bond motifs is 3. The van der Waals surface area contributed by atoms with Crippen LogP contribution < -0.4 is 5.73 Å². The third-order valence-corrected chi connectivity index (χ3v) is 6.04. The van der Waals surface area contributed by atoms with Crippen molar-refractivity contribution in [2.75, 3.05) is 12.3 Å². The molecule has 4 aromatic rings. The normalized spacial score (nSPS) is 11.2. The number of rotatable bonds is 8. The number of nitrogens with one attached hydrogen (secondary N) is 1. The number of nitrogen functional groups attached to an aromatic ring is 1. The number of aryl methyl sites for hydroxylation is 1. The smallest absolute Gasteiger partial charge is 0.269 e. The summed E-state index contributed by atoms with van der Waals surface area (Å²) in [6.07, 6.45) is 4.01. The molecule has 0 fully saturated rings. The summed E-state index contributed by atoms with van der Waals surface area (Å²) >= 11 is 6.21. The average Bonchev–Trinajstić information content (AvgIpc) is 3.27. The second-order valence-corrected chi connectivity index (χ2v) is 8.27. The number of hydrogen-bond donors (Lipinski definition) is 2. The summed E-state index contributed by atoms with van der Waals surface area (Å²) in [4.78, 5) is 36.4. The zero-order valence-electron chi connectivity index (χ0n) is 18.0. The topological polar surface area (TPSA) is 131 Å². The molecular formula is C23H23ClN6O3. The third-order valence-electron chi connectivity index (χ3n) is 5.67. The molecule has 2 aromatic heterocycles. The predicted octanol–water partition coefficient (Wildman–Crippen LogP) is 4.63. The monoisotopic (exact) mass is 466 g/mol. The third kappa shape index (κ3) is 4.73. The number of nitrogens with zero attached hydrogens (tertiary/aromatic N) is 4. The molecule has 2 aromatic carbocycles. The number of anilines is 1. The Morgan fingerprint density at radius 2 is 2.06 bits per heavy atom. The van der Waals surface area contributed by atoms with Gasteiger partial charge in [-0.3, -0.25) is 14.9 Å². The van der Waals surface area contributed by atoms with Gasteiger partial charge in [-0.15, -0.1) is 0 Å². The van der Waals surface area contributed by atoms with Gasteiger partial charge in [0.1, 0.15) is 5.52 Å². The number of nitrogens with two attached hydrogens (primary N) is 1. The van der Waals surface area contributed by atoms with E-state index in [-0.39, 0.29) is 18.1 Å². The lowest BCUT2D eigenvalue weighted by Crippen LogP contribution is -2.29. The van der Waals surface area contributed by atoms with Crippen molar-refractivity contribution in [3.05, 3.63) is 69.0 Å². The van der Waals surface area contributed by atoms with E-state index in [9.17, 15) is 14.9 Å². The maximum absolute atomic E-state index is 12.2. The number of halogens is 1. The minimum Gasteiger partial charge on any atom is -0.382 e. The van der Waals surface area contributed by atoms with E-state index in [0.717, 1.165) is 41.2 Å². The largest absolute Gasteiger partial charge is 0.382 e. The van der Waals surface area contributed by atoms with E-state index in [4.69, 9.17) is 17.3 Å². The number of nitro benzene ring substituents is 1. The number of benzene rings is 2. The maximum atomic E-state index is 12.2. The fourth-order valence-corrected chi connectivity index (χ4v) is 4.18. The zero-order chi connectivity index (χ0) is 23.5. The Morgan fingerprint density at radius 3 is 2.82 bits per heavy atom. The summed E-state index contributed by atoms with van der Waals surface area (Å²) in [5, 5.41) is 12.5. The first-order valence-corrected chi connectivity index (χ1v) is 10.9. The zero-order valence-corrected chi connectivity index (χ0v) is 18.8. The van der Waals surface area contributed by atoms with Crippen molar-refractivity contribution in [3.8, 4) is 0 Å². The fourth-order valence-electron chi connectivity index (χ4n) is 4.01. The van der Waals surface area contributed by atoms with Crippen molar-refractivity contribution in [1.29, 1.82) is 0 Å². The van der Waals surface area contributed by atoms with E-state index in [1.807, 2.05) is 12.1 Å². The molecule has 0 aliphatic rings. The van der Waals surface area contributed by atoms with Crippen LogP contribution >= 0.6 is 11.6 Å². The summed E-state index contributed by atoms with van der Waals surface area (Å²) in [5.41, 5.74) is 10.0. The summed E-state index contributed by atoms with van der Waals surface area (Å²) in [6, 6.07) is 10.2. The van der Waals surface area contributed by atoms with Crippen LogP contribution in [0.4, 0.5) is 11.5 Å². The van der Waals surface area contributed by atoms with Crippen LogP contribution in [0.5, 0.6) is 0 Å². The van der Waals surface area contributed by atoms with E-state index in [1.165, 1.54) is 25.1 Å². The van der Waals surface area contributed by atoms with Crippen molar-refractivity contribution < 1.29 is 9.72 Å². The summed E-state index contributed by atoms with van der Waals surface area (Å²) in [6.45, 7) is 2.23. The van der Waals surface area contributed by atoms with Crippen LogP contribution in [0.2, 0.25) is 5.02 Å². The van der Waals surface area contributed by atoms with Crippen LogP contribution in [-0.2, 0) is 17.8 Å². The highest BCUT2D eigenvalue weighted by molar-refractivity contribution is 6.31. The summed E-state index contributed by atoms with van der Waals surface area (Å²) < 4.78 is 0. The molecule has 0 bridgehead atoms. The highest BCUT2D eigenvalue weighted by Crippen LogP contribution is 2.29. The van der Waals surface area contributed by atoms with Gasteiger partial charge in [0.15, 0.2) is 5.82 Å². The number of non-ortho nitro benzene ring substituents is 1. The SMILES string of the molecule is CC(=O)N(CCCCc1cccc2nc(N)c3nc[nH]c3c12)Cc1cc([N+](=O)[O-])ccc1Cl. The van der Waals surface area contributed by atoms with Gasteiger partial charge >= 0.3 is 0 Å². The quantitative estimate of drug-likeness (QED) is 0.221. The van der Waals surface area contributed by atoms with Gasteiger partial charge in [-0.1, -0.05) is 23.7 Å². The first-order chi connectivity index (χ1) is 15.8.